The van der Waals surface area contributed by atoms with Gasteiger partial charge in [-0.2, -0.15) is 0 Å². The molecule has 1 rings (SSSR count). The molecule has 0 radical (unpaired) electrons. The van der Waals surface area contributed by atoms with Crippen molar-refractivity contribution in [1.82, 2.24) is 0 Å². The number of aliphatic hydroxyl groups is 1. The van der Waals surface area contributed by atoms with Crippen LogP contribution in [0.3, 0.4) is 0 Å². The molecule has 1 fully saturated rings. The normalized spacial score (nSPS) is 19.4. The Balaban J connectivity index is 1.90. The zero-order chi connectivity index (χ0) is 12.3. The number of hydrogen-bond acceptors (Lipinski definition) is 4. The lowest BCUT2D eigenvalue weighted by Crippen LogP contribution is -2.28. The molecule has 1 aliphatic carbocycles. The highest BCUT2D eigenvalue weighted by atomic mass is 16.5. The molecule has 1 unspecified atom stereocenters. The van der Waals surface area contributed by atoms with Crippen molar-refractivity contribution in [1.29, 1.82) is 0 Å². The zero-order valence-electron chi connectivity index (χ0n) is 10.9. The van der Waals surface area contributed by atoms with Gasteiger partial charge in [0.25, 0.3) is 0 Å². The standard InChI is InChI=1S/C13H26O4/c1-15-7-8-16-9-10-17-11-13(14)12-5-3-2-4-6-12/h12-14H,2-11H2,1H3. The van der Waals surface area contributed by atoms with Gasteiger partial charge in [-0.1, -0.05) is 19.3 Å². The molecule has 0 aromatic heterocycles. The Morgan fingerprint density at radius 2 is 1.65 bits per heavy atom. The van der Waals surface area contributed by atoms with E-state index in [-0.39, 0.29) is 6.10 Å². The predicted molar refractivity (Wildman–Crippen MR) is 66.1 cm³/mol. The summed E-state index contributed by atoms with van der Waals surface area (Å²) < 4.78 is 15.5. The van der Waals surface area contributed by atoms with Gasteiger partial charge in [-0.3, -0.25) is 0 Å². The third-order valence-corrected chi connectivity index (χ3v) is 3.29. The van der Waals surface area contributed by atoms with E-state index >= 15 is 0 Å². The fraction of sp³-hybridized carbons (Fsp3) is 1.00. The Morgan fingerprint density at radius 3 is 2.35 bits per heavy atom. The third-order valence-electron chi connectivity index (χ3n) is 3.29. The molecule has 17 heavy (non-hydrogen) atoms. The van der Waals surface area contributed by atoms with E-state index in [1.807, 2.05) is 0 Å². The molecule has 1 atom stereocenters. The molecule has 0 bridgehead atoms. The monoisotopic (exact) mass is 246 g/mol. The summed E-state index contributed by atoms with van der Waals surface area (Å²) in [4.78, 5) is 0. The molecular formula is C13H26O4. The lowest BCUT2D eigenvalue weighted by atomic mass is 9.85. The molecule has 1 aliphatic rings. The van der Waals surface area contributed by atoms with Gasteiger partial charge >= 0.3 is 0 Å². The third kappa shape index (κ3) is 6.99. The molecule has 0 saturated heterocycles. The second-order valence-electron chi connectivity index (χ2n) is 4.65. The number of hydrogen-bond donors (Lipinski definition) is 1. The predicted octanol–water partition coefficient (Wildman–Crippen LogP) is 1.61. The Morgan fingerprint density at radius 1 is 1.00 bits per heavy atom. The molecule has 0 heterocycles. The summed E-state index contributed by atoms with van der Waals surface area (Å²) in [5.74, 6) is 0.443. The lowest BCUT2D eigenvalue weighted by molar-refractivity contribution is -0.0278. The van der Waals surface area contributed by atoms with Crippen LogP contribution in [-0.2, 0) is 14.2 Å². The van der Waals surface area contributed by atoms with Gasteiger partial charge in [-0.15, -0.1) is 0 Å². The first-order valence-corrected chi connectivity index (χ1v) is 6.67. The molecule has 1 N–H and O–H groups in total. The summed E-state index contributed by atoms with van der Waals surface area (Å²) in [6, 6.07) is 0. The van der Waals surface area contributed by atoms with Crippen LogP contribution < -0.4 is 0 Å². The highest BCUT2D eigenvalue weighted by molar-refractivity contribution is 4.72. The van der Waals surface area contributed by atoms with E-state index in [2.05, 4.69) is 0 Å². The van der Waals surface area contributed by atoms with Crippen LogP contribution >= 0.6 is 0 Å². The van der Waals surface area contributed by atoms with Gasteiger partial charge in [0.15, 0.2) is 0 Å². The van der Waals surface area contributed by atoms with E-state index in [9.17, 15) is 5.11 Å². The van der Waals surface area contributed by atoms with Crippen molar-refractivity contribution in [3.05, 3.63) is 0 Å². The minimum absolute atomic E-state index is 0.297. The summed E-state index contributed by atoms with van der Waals surface area (Å²) >= 11 is 0. The molecule has 102 valence electrons. The Kier molecular flexibility index (Phi) is 8.61. The van der Waals surface area contributed by atoms with E-state index in [0.717, 1.165) is 12.8 Å². The maximum Gasteiger partial charge on any atom is 0.0801 e. The van der Waals surface area contributed by atoms with E-state index in [1.165, 1.54) is 19.3 Å². The maximum absolute atomic E-state index is 9.93. The van der Waals surface area contributed by atoms with Gasteiger partial charge in [0, 0.05) is 7.11 Å². The summed E-state index contributed by atoms with van der Waals surface area (Å²) in [7, 11) is 1.65. The molecule has 0 aromatic rings. The highest BCUT2D eigenvalue weighted by Crippen LogP contribution is 2.26. The smallest absolute Gasteiger partial charge is 0.0801 e. The van der Waals surface area contributed by atoms with Crippen molar-refractivity contribution < 1.29 is 19.3 Å². The van der Waals surface area contributed by atoms with Crippen molar-refractivity contribution in [2.45, 2.75) is 38.2 Å². The van der Waals surface area contributed by atoms with Gasteiger partial charge in [0.05, 0.1) is 39.1 Å². The maximum atomic E-state index is 9.93. The fourth-order valence-electron chi connectivity index (χ4n) is 2.22. The number of rotatable bonds is 9. The first-order valence-electron chi connectivity index (χ1n) is 6.67. The highest BCUT2D eigenvalue weighted by Gasteiger charge is 2.21. The van der Waals surface area contributed by atoms with Gasteiger partial charge in [0.2, 0.25) is 0 Å². The Bertz CT molecular complexity index is 169. The molecular weight excluding hydrogens is 220 g/mol. The van der Waals surface area contributed by atoms with Crippen molar-refractivity contribution in [2.75, 3.05) is 40.1 Å². The minimum Gasteiger partial charge on any atom is -0.390 e. The molecule has 0 amide bonds. The zero-order valence-corrected chi connectivity index (χ0v) is 10.9. The SMILES string of the molecule is COCCOCCOCC(O)C1CCCCC1. The Labute approximate surface area is 104 Å². The molecule has 4 nitrogen and oxygen atoms in total. The number of ether oxygens (including phenoxy) is 3. The second-order valence-corrected chi connectivity index (χ2v) is 4.65. The quantitative estimate of drug-likeness (QED) is 0.628. The lowest BCUT2D eigenvalue weighted by Gasteiger charge is -2.26. The van der Waals surface area contributed by atoms with E-state index in [0.29, 0.717) is 39.0 Å². The van der Waals surface area contributed by atoms with E-state index in [4.69, 9.17) is 14.2 Å². The van der Waals surface area contributed by atoms with Crippen LogP contribution in [-0.4, -0.2) is 51.4 Å². The van der Waals surface area contributed by atoms with Crippen LogP contribution in [0.1, 0.15) is 32.1 Å². The first-order chi connectivity index (χ1) is 8.34. The van der Waals surface area contributed by atoms with Crippen molar-refractivity contribution >= 4 is 0 Å². The first kappa shape index (κ1) is 14.9. The molecule has 1 saturated carbocycles. The van der Waals surface area contributed by atoms with Crippen LogP contribution in [0.4, 0.5) is 0 Å². The molecule has 0 aliphatic heterocycles. The van der Waals surface area contributed by atoms with Gasteiger partial charge < -0.3 is 19.3 Å². The number of methoxy groups -OCH3 is 1. The molecule has 0 spiro atoms. The van der Waals surface area contributed by atoms with Gasteiger partial charge in [-0.05, 0) is 18.8 Å². The Hall–Kier alpha value is -0.160. The summed E-state index contributed by atoms with van der Waals surface area (Å²) in [6.45, 7) is 2.78. The molecule has 0 aromatic carbocycles. The largest absolute Gasteiger partial charge is 0.390 e. The van der Waals surface area contributed by atoms with Crippen LogP contribution in [0.2, 0.25) is 0 Å². The van der Waals surface area contributed by atoms with Crippen LogP contribution in [0.15, 0.2) is 0 Å². The summed E-state index contributed by atoms with van der Waals surface area (Å²) in [5.41, 5.74) is 0. The minimum atomic E-state index is -0.297. The fourth-order valence-corrected chi connectivity index (χ4v) is 2.22. The van der Waals surface area contributed by atoms with E-state index < -0.39 is 0 Å². The summed E-state index contributed by atoms with van der Waals surface area (Å²) in [5, 5.41) is 9.93. The van der Waals surface area contributed by atoms with Gasteiger partial charge in [-0.25, -0.2) is 0 Å². The van der Waals surface area contributed by atoms with Crippen LogP contribution in [0.5, 0.6) is 0 Å². The van der Waals surface area contributed by atoms with Crippen molar-refractivity contribution in [3.63, 3.8) is 0 Å². The van der Waals surface area contributed by atoms with Crippen LogP contribution in [0.25, 0.3) is 0 Å². The summed E-state index contributed by atoms with van der Waals surface area (Å²) in [6.07, 6.45) is 5.82. The van der Waals surface area contributed by atoms with Crippen molar-refractivity contribution in [2.24, 2.45) is 5.92 Å². The van der Waals surface area contributed by atoms with E-state index in [1.54, 1.807) is 7.11 Å². The number of aliphatic hydroxyl groups excluding tert-OH is 1. The average Bonchev–Trinajstić information content (AvgIpc) is 2.38. The average molecular weight is 246 g/mol. The van der Waals surface area contributed by atoms with Gasteiger partial charge in [0.1, 0.15) is 0 Å². The van der Waals surface area contributed by atoms with Crippen molar-refractivity contribution in [3.8, 4) is 0 Å². The topological polar surface area (TPSA) is 47.9 Å². The second kappa shape index (κ2) is 9.83. The van der Waals surface area contributed by atoms with Crippen LogP contribution in [0, 0.1) is 5.92 Å². The molecule has 4 heteroatoms.